The largest absolute Gasteiger partial charge is 0.490 e. The maximum Gasteiger partial charge on any atom is 0.387 e. The van der Waals surface area contributed by atoms with Crippen molar-refractivity contribution >= 4 is 29.9 Å². The number of benzene rings is 1. The van der Waals surface area contributed by atoms with Gasteiger partial charge in [-0.3, -0.25) is 4.68 Å². The first-order valence-corrected chi connectivity index (χ1v) is 9.57. The Morgan fingerprint density at radius 3 is 2.50 bits per heavy atom. The van der Waals surface area contributed by atoms with Gasteiger partial charge in [0.15, 0.2) is 17.5 Å². The molecule has 0 bridgehead atoms. The number of aliphatic imine (C=N–C) groups is 1. The van der Waals surface area contributed by atoms with Crippen molar-refractivity contribution in [2.75, 3.05) is 13.2 Å². The fraction of sp³-hybridized carbons (Fsp3) is 0.500. The summed E-state index contributed by atoms with van der Waals surface area (Å²) in [6.45, 7) is 6.89. The summed E-state index contributed by atoms with van der Waals surface area (Å²) in [7, 11) is 1.92. The highest BCUT2D eigenvalue weighted by atomic mass is 127. The molecule has 30 heavy (non-hydrogen) atoms. The highest BCUT2D eigenvalue weighted by Gasteiger charge is 2.12. The van der Waals surface area contributed by atoms with Crippen LogP contribution in [0.4, 0.5) is 8.78 Å². The molecule has 2 N–H and O–H groups in total. The first kappa shape index (κ1) is 25.9. The number of aryl methyl sites for hydroxylation is 2. The number of hydrogen-bond acceptors (Lipinski definition) is 4. The molecule has 0 amide bonds. The Balaban J connectivity index is 0.00000450. The summed E-state index contributed by atoms with van der Waals surface area (Å²) in [4.78, 5) is 4.58. The predicted molar refractivity (Wildman–Crippen MR) is 124 cm³/mol. The van der Waals surface area contributed by atoms with Crippen LogP contribution in [0.1, 0.15) is 36.4 Å². The molecule has 1 aromatic heterocycles. The van der Waals surface area contributed by atoms with Crippen LogP contribution in [0.25, 0.3) is 0 Å². The highest BCUT2D eigenvalue weighted by molar-refractivity contribution is 14.0. The number of aromatic nitrogens is 2. The van der Waals surface area contributed by atoms with E-state index in [0.717, 1.165) is 22.5 Å². The molecule has 0 aliphatic rings. The van der Waals surface area contributed by atoms with Gasteiger partial charge in [0.2, 0.25) is 0 Å². The second-order valence-electron chi connectivity index (χ2n) is 6.41. The molecule has 0 atom stereocenters. The molecule has 0 saturated heterocycles. The Morgan fingerprint density at radius 2 is 1.93 bits per heavy atom. The lowest BCUT2D eigenvalue weighted by molar-refractivity contribution is -0.0514. The average Bonchev–Trinajstić information content (AvgIpc) is 2.91. The molecule has 168 valence electrons. The van der Waals surface area contributed by atoms with Crippen molar-refractivity contribution in [3.05, 3.63) is 40.7 Å². The predicted octanol–water partition coefficient (Wildman–Crippen LogP) is 3.91. The fourth-order valence-corrected chi connectivity index (χ4v) is 2.87. The summed E-state index contributed by atoms with van der Waals surface area (Å²) in [5.41, 5.74) is 4.03. The van der Waals surface area contributed by atoms with E-state index >= 15 is 0 Å². The summed E-state index contributed by atoms with van der Waals surface area (Å²) < 4.78 is 36.9. The van der Waals surface area contributed by atoms with Crippen LogP contribution >= 0.6 is 24.0 Å². The Labute approximate surface area is 193 Å². The summed E-state index contributed by atoms with van der Waals surface area (Å²) in [6.07, 6.45) is 0. The quantitative estimate of drug-likeness (QED) is 0.289. The maximum atomic E-state index is 12.5. The van der Waals surface area contributed by atoms with Crippen molar-refractivity contribution in [2.45, 2.75) is 47.4 Å². The van der Waals surface area contributed by atoms with E-state index in [0.29, 0.717) is 32.2 Å². The fourth-order valence-electron chi connectivity index (χ4n) is 2.87. The van der Waals surface area contributed by atoms with Gasteiger partial charge in [-0.2, -0.15) is 13.9 Å². The van der Waals surface area contributed by atoms with Gasteiger partial charge >= 0.3 is 6.61 Å². The Morgan fingerprint density at radius 1 is 1.20 bits per heavy atom. The molecule has 0 aliphatic carbocycles. The van der Waals surface area contributed by atoms with E-state index < -0.39 is 6.61 Å². The molecular weight excluding hydrogens is 507 g/mol. The minimum Gasteiger partial charge on any atom is -0.490 e. The van der Waals surface area contributed by atoms with Crippen molar-refractivity contribution in [1.29, 1.82) is 0 Å². The molecule has 7 nitrogen and oxygen atoms in total. The second kappa shape index (κ2) is 12.6. The number of ether oxygens (including phenoxy) is 2. The van der Waals surface area contributed by atoms with Gasteiger partial charge in [-0.05, 0) is 45.4 Å². The lowest BCUT2D eigenvalue weighted by Crippen LogP contribution is -2.37. The van der Waals surface area contributed by atoms with Crippen molar-refractivity contribution in [3.63, 3.8) is 0 Å². The third kappa shape index (κ3) is 7.29. The van der Waals surface area contributed by atoms with Crippen molar-refractivity contribution in [2.24, 2.45) is 12.0 Å². The van der Waals surface area contributed by atoms with Crippen LogP contribution in [0.5, 0.6) is 11.5 Å². The minimum atomic E-state index is -2.90. The molecule has 10 heteroatoms. The first-order valence-electron chi connectivity index (χ1n) is 9.57. The second-order valence-corrected chi connectivity index (χ2v) is 6.41. The third-order valence-corrected chi connectivity index (χ3v) is 4.38. The monoisotopic (exact) mass is 537 g/mol. The number of nitrogens with one attached hydrogen (secondary N) is 2. The van der Waals surface area contributed by atoms with Gasteiger partial charge in [0.1, 0.15) is 0 Å². The molecule has 0 radical (unpaired) electrons. The molecule has 1 aromatic carbocycles. The molecule has 2 rings (SSSR count). The lowest BCUT2D eigenvalue weighted by atomic mass is 10.2. The van der Waals surface area contributed by atoms with Crippen LogP contribution in [0.2, 0.25) is 0 Å². The Hall–Kier alpha value is -2.11. The lowest BCUT2D eigenvalue weighted by Gasteiger charge is -2.13. The standard InChI is InChI=1S/C20H29F2N5O2.HI/c1-6-23-20(25-12-16-13(3)26-27(5)14(16)4)24-11-15-8-9-17(29-19(21)22)18(10-15)28-7-2;/h8-10,19H,6-7,11-12H2,1-5H3,(H2,23,24,25);1H. The molecule has 0 fully saturated rings. The van der Waals surface area contributed by atoms with E-state index in [-0.39, 0.29) is 35.5 Å². The van der Waals surface area contributed by atoms with Crippen LogP contribution < -0.4 is 20.1 Å². The van der Waals surface area contributed by atoms with Gasteiger partial charge in [-0.25, -0.2) is 4.99 Å². The van der Waals surface area contributed by atoms with Gasteiger partial charge in [0.25, 0.3) is 0 Å². The van der Waals surface area contributed by atoms with Gasteiger partial charge in [-0.1, -0.05) is 6.07 Å². The molecular formula is C20H30F2IN5O2. The maximum absolute atomic E-state index is 12.5. The topological polar surface area (TPSA) is 72.7 Å². The van der Waals surface area contributed by atoms with E-state index in [9.17, 15) is 8.78 Å². The first-order chi connectivity index (χ1) is 13.8. The van der Waals surface area contributed by atoms with E-state index in [4.69, 9.17) is 4.74 Å². The molecule has 2 aromatic rings. The Bertz CT molecular complexity index is 843. The van der Waals surface area contributed by atoms with Gasteiger partial charge in [0, 0.05) is 31.4 Å². The molecule has 0 saturated carbocycles. The normalized spacial score (nSPS) is 11.3. The van der Waals surface area contributed by atoms with Crippen LogP contribution in [0, 0.1) is 13.8 Å². The van der Waals surface area contributed by atoms with Crippen molar-refractivity contribution in [1.82, 2.24) is 20.4 Å². The molecule has 0 unspecified atom stereocenters. The zero-order valence-corrected chi connectivity index (χ0v) is 20.3. The van der Waals surface area contributed by atoms with E-state index in [2.05, 4.69) is 25.5 Å². The van der Waals surface area contributed by atoms with Crippen molar-refractivity contribution < 1.29 is 18.3 Å². The smallest absolute Gasteiger partial charge is 0.387 e. The zero-order valence-electron chi connectivity index (χ0n) is 18.0. The highest BCUT2D eigenvalue weighted by Crippen LogP contribution is 2.30. The SMILES string of the molecule is CCNC(=NCc1ccc(OC(F)F)c(OCC)c1)NCc1c(C)nn(C)c1C.I. The molecule has 1 heterocycles. The number of alkyl halides is 2. The van der Waals surface area contributed by atoms with Crippen molar-refractivity contribution in [3.8, 4) is 11.5 Å². The van der Waals surface area contributed by atoms with Crippen LogP contribution in [-0.2, 0) is 20.1 Å². The minimum absolute atomic E-state index is 0. The summed E-state index contributed by atoms with van der Waals surface area (Å²) >= 11 is 0. The number of guanidine groups is 1. The van der Waals surface area contributed by atoms with Gasteiger partial charge in [0.05, 0.1) is 18.8 Å². The van der Waals surface area contributed by atoms with Crippen LogP contribution in [0.3, 0.4) is 0 Å². The van der Waals surface area contributed by atoms with Gasteiger partial charge < -0.3 is 20.1 Å². The molecule has 0 aliphatic heterocycles. The Kier molecular flexibility index (Phi) is 10.8. The van der Waals surface area contributed by atoms with E-state index in [1.165, 1.54) is 6.07 Å². The zero-order chi connectivity index (χ0) is 21.4. The third-order valence-electron chi connectivity index (χ3n) is 4.38. The van der Waals surface area contributed by atoms with E-state index in [1.54, 1.807) is 19.1 Å². The average molecular weight is 537 g/mol. The number of rotatable bonds is 9. The molecule has 0 spiro atoms. The number of hydrogen-bond donors (Lipinski definition) is 2. The van der Waals surface area contributed by atoms with E-state index in [1.807, 2.05) is 32.5 Å². The summed E-state index contributed by atoms with van der Waals surface area (Å²) in [5, 5.41) is 10.9. The van der Waals surface area contributed by atoms with Crippen LogP contribution in [-0.4, -0.2) is 35.5 Å². The summed E-state index contributed by atoms with van der Waals surface area (Å²) in [6, 6.07) is 4.84. The summed E-state index contributed by atoms with van der Waals surface area (Å²) in [5.74, 6) is 0.947. The number of halogens is 3. The number of nitrogens with zero attached hydrogens (tertiary/aromatic N) is 3. The van der Waals surface area contributed by atoms with Gasteiger partial charge in [-0.15, -0.1) is 24.0 Å². The van der Waals surface area contributed by atoms with Crippen LogP contribution in [0.15, 0.2) is 23.2 Å².